The van der Waals surface area contributed by atoms with Gasteiger partial charge in [0.25, 0.3) is 0 Å². The minimum atomic E-state index is 0.378. The molecule has 0 radical (unpaired) electrons. The summed E-state index contributed by atoms with van der Waals surface area (Å²) in [6, 6.07) is 10.6. The van der Waals surface area contributed by atoms with Gasteiger partial charge in [0.1, 0.15) is 5.78 Å². The molecular formula is C17H27NO. The smallest absolute Gasteiger partial charge is 0.132 e. The molecule has 0 fully saturated rings. The third kappa shape index (κ3) is 6.53. The lowest BCUT2D eigenvalue weighted by Gasteiger charge is -2.25. The van der Waals surface area contributed by atoms with Crippen LogP contribution in [0.25, 0.3) is 0 Å². The molecule has 0 spiro atoms. The maximum absolute atomic E-state index is 11.5. The summed E-state index contributed by atoms with van der Waals surface area (Å²) in [5.74, 6) is 0.825. The van der Waals surface area contributed by atoms with E-state index in [1.807, 2.05) is 6.92 Å². The van der Waals surface area contributed by atoms with E-state index in [0.717, 1.165) is 26.1 Å². The van der Waals surface area contributed by atoms with Crippen LogP contribution in [0.2, 0.25) is 0 Å². The molecule has 2 heteroatoms. The summed E-state index contributed by atoms with van der Waals surface area (Å²) in [5.41, 5.74) is 1.35. The molecule has 2 nitrogen and oxygen atoms in total. The molecule has 0 saturated carbocycles. The van der Waals surface area contributed by atoms with Crippen LogP contribution in [0.4, 0.5) is 0 Å². The van der Waals surface area contributed by atoms with Gasteiger partial charge in [-0.3, -0.25) is 9.69 Å². The van der Waals surface area contributed by atoms with Gasteiger partial charge < -0.3 is 0 Å². The average molecular weight is 261 g/mol. The summed E-state index contributed by atoms with van der Waals surface area (Å²) in [5, 5.41) is 0. The molecule has 0 aliphatic carbocycles. The summed E-state index contributed by atoms with van der Waals surface area (Å²) in [6.45, 7) is 9.43. The van der Waals surface area contributed by atoms with Crippen molar-refractivity contribution in [3.63, 3.8) is 0 Å². The normalized spacial score (nSPS) is 12.6. The summed E-state index contributed by atoms with van der Waals surface area (Å²) >= 11 is 0. The molecule has 0 aliphatic rings. The number of rotatable bonds is 9. The van der Waals surface area contributed by atoms with Crippen molar-refractivity contribution in [1.29, 1.82) is 0 Å². The van der Waals surface area contributed by atoms with Crippen LogP contribution in [0, 0.1) is 5.92 Å². The topological polar surface area (TPSA) is 20.3 Å². The molecule has 0 saturated heterocycles. The predicted octanol–water partition coefficient (Wildman–Crippen LogP) is 3.90. The van der Waals surface area contributed by atoms with Gasteiger partial charge in [-0.25, -0.2) is 0 Å². The Hall–Kier alpha value is -1.15. The van der Waals surface area contributed by atoms with E-state index >= 15 is 0 Å². The van der Waals surface area contributed by atoms with Gasteiger partial charge in [-0.05, 0) is 24.4 Å². The molecule has 0 N–H and O–H groups in total. The van der Waals surface area contributed by atoms with Crippen molar-refractivity contribution in [1.82, 2.24) is 4.90 Å². The fourth-order valence-corrected chi connectivity index (χ4v) is 2.43. The van der Waals surface area contributed by atoms with Crippen LogP contribution in [0.1, 0.15) is 45.6 Å². The maximum Gasteiger partial charge on any atom is 0.132 e. The van der Waals surface area contributed by atoms with Crippen molar-refractivity contribution in [2.45, 2.75) is 46.6 Å². The lowest BCUT2D eigenvalue weighted by Crippen LogP contribution is -2.29. The molecule has 0 unspecified atom stereocenters. The van der Waals surface area contributed by atoms with E-state index in [9.17, 15) is 4.79 Å². The Bertz CT molecular complexity index is 361. The maximum atomic E-state index is 11.5. The molecule has 1 atom stereocenters. The number of nitrogens with zero attached hydrogens (tertiary/aromatic N) is 1. The van der Waals surface area contributed by atoms with E-state index in [2.05, 4.69) is 49.1 Å². The Balaban J connectivity index is 2.50. The molecule has 1 aromatic carbocycles. The first-order valence-corrected chi connectivity index (χ1v) is 7.43. The Morgan fingerprint density at radius 2 is 1.89 bits per heavy atom. The van der Waals surface area contributed by atoms with Crippen molar-refractivity contribution in [2.24, 2.45) is 5.92 Å². The fraction of sp³-hybridized carbons (Fsp3) is 0.588. The standard InChI is InChI=1S/C17H27NO/c1-4-11-18(13-15(3)12-17(19)5-2)14-16-9-7-6-8-10-16/h6-10,15H,4-5,11-14H2,1-3H3/t15-/m1/s1. The van der Waals surface area contributed by atoms with Crippen molar-refractivity contribution in [3.8, 4) is 0 Å². The molecule has 0 bridgehead atoms. The van der Waals surface area contributed by atoms with Crippen LogP contribution in [-0.4, -0.2) is 23.8 Å². The first-order chi connectivity index (χ1) is 9.15. The third-order valence-corrected chi connectivity index (χ3v) is 3.33. The fourth-order valence-electron chi connectivity index (χ4n) is 2.43. The summed E-state index contributed by atoms with van der Waals surface area (Å²) < 4.78 is 0. The highest BCUT2D eigenvalue weighted by Gasteiger charge is 2.12. The minimum Gasteiger partial charge on any atom is -0.300 e. The lowest BCUT2D eigenvalue weighted by atomic mass is 10.0. The highest BCUT2D eigenvalue weighted by atomic mass is 16.1. The van der Waals surface area contributed by atoms with Crippen LogP contribution < -0.4 is 0 Å². The molecule has 0 aromatic heterocycles. The quantitative estimate of drug-likeness (QED) is 0.672. The van der Waals surface area contributed by atoms with Gasteiger partial charge in [-0.2, -0.15) is 0 Å². The van der Waals surface area contributed by atoms with Gasteiger partial charge in [0.05, 0.1) is 0 Å². The average Bonchev–Trinajstić information content (AvgIpc) is 2.39. The Morgan fingerprint density at radius 3 is 2.47 bits per heavy atom. The molecule has 0 heterocycles. The number of ketones is 1. The second kappa shape index (κ2) is 8.87. The van der Waals surface area contributed by atoms with E-state index in [-0.39, 0.29) is 0 Å². The zero-order chi connectivity index (χ0) is 14.1. The number of carbonyl (C=O) groups is 1. The van der Waals surface area contributed by atoms with Gasteiger partial charge in [0, 0.05) is 25.9 Å². The lowest BCUT2D eigenvalue weighted by molar-refractivity contribution is -0.119. The third-order valence-electron chi connectivity index (χ3n) is 3.33. The molecule has 1 aromatic rings. The van der Waals surface area contributed by atoms with E-state index in [1.165, 1.54) is 5.56 Å². The first kappa shape index (κ1) is 15.9. The number of carbonyl (C=O) groups excluding carboxylic acids is 1. The van der Waals surface area contributed by atoms with Gasteiger partial charge in [0.15, 0.2) is 0 Å². The minimum absolute atomic E-state index is 0.378. The van der Waals surface area contributed by atoms with Crippen LogP contribution >= 0.6 is 0 Å². The van der Waals surface area contributed by atoms with Crippen molar-refractivity contribution in [3.05, 3.63) is 35.9 Å². The molecule has 0 aliphatic heterocycles. The van der Waals surface area contributed by atoms with Crippen molar-refractivity contribution < 1.29 is 4.79 Å². The molecule has 106 valence electrons. The summed E-state index contributed by atoms with van der Waals surface area (Å²) in [6.07, 6.45) is 2.53. The SMILES string of the molecule is CCCN(Cc1ccccc1)C[C@H](C)CC(=O)CC. The Kier molecular flexibility index (Phi) is 7.42. The molecule has 0 amide bonds. The second-order valence-electron chi connectivity index (χ2n) is 5.42. The summed E-state index contributed by atoms with van der Waals surface area (Å²) in [7, 11) is 0. The van der Waals surface area contributed by atoms with Crippen molar-refractivity contribution >= 4 is 5.78 Å². The van der Waals surface area contributed by atoms with Gasteiger partial charge >= 0.3 is 0 Å². The van der Waals surface area contributed by atoms with Crippen LogP contribution in [-0.2, 0) is 11.3 Å². The largest absolute Gasteiger partial charge is 0.300 e. The van der Waals surface area contributed by atoms with Crippen LogP contribution in [0.5, 0.6) is 0 Å². The number of Topliss-reactive ketones (excluding diaryl/α,β-unsaturated/α-hetero) is 1. The van der Waals surface area contributed by atoms with E-state index in [0.29, 0.717) is 24.5 Å². The van der Waals surface area contributed by atoms with E-state index in [1.54, 1.807) is 0 Å². The monoisotopic (exact) mass is 261 g/mol. The van der Waals surface area contributed by atoms with Gasteiger partial charge in [0.2, 0.25) is 0 Å². The van der Waals surface area contributed by atoms with Gasteiger partial charge in [-0.15, -0.1) is 0 Å². The first-order valence-electron chi connectivity index (χ1n) is 7.43. The van der Waals surface area contributed by atoms with Crippen LogP contribution in [0.3, 0.4) is 0 Å². The Morgan fingerprint density at radius 1 is 1.21 bits per heavy atom. The summed E-state index contributed by atoms with van der Waals surface area (Å²) in [4.78, 5) is 14.0. The number of benzene rings is 1. The van der Waals surface area contributed by atoms with Gasteiger partial charge in [-0.1, -0.05) is 51.1 Å². The van der Waals surface area contributed by atoms with E-state index in [4.69, 9.17) is 0 Å². The zero-order valence-electron chi connectivity index (χ0n) is 12.6. The molecule has 1 rings (SSSR count). The Labute approximate surface area is 117 Å². The number of hydrogen-bond donors (Lipinski definition) is 0. The van der Waals surface area contributed by atoms with E-state index < -0.39 is 0 Å². The predicted molar refractivity (Wildman–Crippen MR) is 81.1 cm³/mol. The highest BCUT2D eigenvalue weighted by molar-refractivity contribution is 5.78. The van der Waals surface area contributed by atoms with Crippen LogP contribution in [0.15, 0.2) is 30.3 Å². The number of hydrogen-bond acceptors (Lipinski definition) is 2. The highest BCUT2D eigenvalue weighted by Crippen LogP contribution is 2.11. The molecular weight excluding hydrogens is 234 g/mol. The molecule has 19 heavy (non-hydrogen) atoms. The second-order valence-corrected chi connectivity index (χ2v) is 5.42. The van der Waals surface area contributed by atoms with Crippen molar-refractivity contribution in [2.75, 3.05) is 13.1 Å². The zero-order valence-corrected chi connectivity index (χ0v) is 12.6.